The predicted molar refractivity (Wildman–Crippen MR) is 72.0 cm³/mol. The van der Waals surface area contributed by atoms with Crippen molar-refractivity contribution in [1.29, 1.82) is 0 Å². The van der Waals surface area contributed by atoms with E-state index in [9.17, 15) is 9.59 Å². The van der Waals surface area contributed by atoms with Crippen LogP contribution in [0, 0.1) is 0 Å². The van der Waals surface area contributed by atoms with E-state index in [1.165, 1.54) is 6.07 Å². The van der Waals surface area contributed by atoms with Crippen LogP contribution in [0.1, 0.15) is 30.6 Å². The van der Waals surface area contributed by atoms with Crippen LogP contribution >= 0.6 is 11.6 Å². The third kappa shape index (κ3) is 3.86. The van der Waals surface area contributed by atoms with E-state index in [0.717, 1.165) is 0 Å². The number of para-hydroxylation sites is 1. The molecule has 2 N–H and O–H groups in total. The van der Waals surface area contributed by atoms with Crippen molar-refractivity contribution in [2.24, 2.45) is 0 Å². The lowest BCUT2D eigenvalue weighted by Gasteiger charge is -2.15. The molecular formula is C13H16ClNO4. The van der Waals surface area contributed by atoms with Crippen molar-refractivity contribution in [2.45, 2.75) is 26.4 Å². The molecule has 5 nitrogen and oxygen atoms in total. The molecule has 1 unspecified atom stereocenters. The number of nitrogen functional groups attached to an aromatic ring is 1. The third-order valence-electron chi connectivity index (χ3n) is 2.44. The van der Waals surface area contributed by atoms with Crippen molar-refractivity contribution in [2.75, 3.05) is 12.3 Å². The van der Waals surface area contributed by atoms with Gasteiger partial charge >= 0.3 is 11.9 Å². The minimum atomic E-state index is -0.939. The maximum absolute atomic E-state index is 11.9. The second kappa shape index (κ2) is 6.99. The number of anilines is 1. The topological polar surface area (TPSA) is 78.6 Å². The predicted octanol–water partition coefficient (Wildman–Crippen LogP) is 2.42. The van der Waals surface area contributed by atoms with Crippen molar-refractivity contribution < 1.29 is 19.1 Å². The van der Waals surface area contributed by atoms with Gasteiger partial charge < -0.3 is 15.2 Å². The zero-order chi connectivity index (χ0) is 14.4. The van der Waals surface area contributed by atoms with Gasteiger partial charge in [-0.05, 0) is 25.5 Å². The number of rotatable bonds is 5. The Morgan fingerprint density at radius 2 is 2.05 bits per heavy atom. The standard InChI is InChI=1S/C13H16ClNO4/c1-3-10(13(17)18-4-2)19-12(16)8-6-5-7-9(14)11(8)15/h5-7,10H,3-4,15H2,1-2H3. The summed E-state index contributed by atoms with van der Waals surface area (Å²) in [6.07, 6.45) is -0.615. The summed E-state index contributed by atoms with van der Waals surface area (Å²) in [5.74, 6) is -1.26. The molecule has 1 aromatic carbocycles. The highest BCUT2D eigenvalue weighted by Crippen LogP contribution is 2.23. The van der Waals surface area contributed by atoms with Crippen LogP contribution in [0.25, 0.3) is 0 Å². The Hall–Kier alpha value is -1.75. The first kappa shape index (κ1) is 15.3. The second-order valence-corrected chi connectivity index (χ2v) is 4.16. The van der Waals surface area contributed by atoms with E-state index in [-0.39, 0.29) is 22.9 Å². The Morgan fingerprint density at radius 1 is 1.37 bits per heavy atom. The van der Waals surface area contributed by atoms with Crippen molar-refractivity contribution in [3.63, 3.8) is 0 Å². The number of ether oxygens (including phenoxy) is 2. The fourth-order valence-corrected chi connectivity index (χ4v) is 1.62. The normalized spacial score (nSPS) is 11.7. The van der Waals surface area contributed by atoms with Crippen LogP contribution in [-0.2, 0) is 14.3 Å². The summed E-state index contributed by atoms with van der Waals surface area (Å²) in [5.41, 5.74) is 5.95. The first-order chi connectivity index (χ1) is 9.01. The highest BCUT2D eigenvalue weighted by Gasteiger charge is 2.24. The molecule has 0 spiro atoms. The minimum Gasteiger partial charge on any atom is -0.463 e. The van der Waals surface area contributed by atoms with E-state index in [1.807, 2.05) is 0 Å². The maximum atomic E-state index is 11.9. The van der Waals surface area contributed by atoms with Gasteiger partial charge in [-0.2, -0.15) is 0 Å². The molecule has 0 saturated carbocycles. The number of carbonyl (C=O) groups excluding carboxylic acids is 2. The van der Waals surface area contributed by atoms with Gasteiger partial charge in [0.25, 0.3) is 0 Å². The fraction of sp³-hybridized carbons (Fsp3) is 0.385. The largest absolute Gasteiger partial charge is 0.463 e. The number of esters is 2. The van der Waals surface area contributed by atoms with Gasteiger partial charge in [-0.25, -0.2) is 9.59 Å². The van der Waals surface area contributed by atoms with Gasteiger partial charge in [0, 0.05) is 0 Å². The van der Waals surface area contributed by atoms with E-state index >= 15 is 0 Å². The maximum Gasteiger partial charge on any atom is 0.347 e. The molecule has 104 valence electrons. The number of hydrogen-bond donors (Lipinski definition) is 1. The number of hydrogen-bond acceptors (Lipinski definition) is 5. The molecule has 1 atom stereocenters. The van der Waals surface area contributed by atoms with Gasteiger partial charge in [0.15, 0.2) is 6.10 Å². The monoisotopic (exact) mass is 285 g/mol. The lowest BCUT2D eigenvalue weighted by atomic mass is 10.2. The quantitative estimate of drug-likeness (QED) is 0.664. The number of carbonyl (C=O) groups is 2. The lowest BCUT2D eigenvalue weighted by molar-refractivity contribution is -0.153. The molecule has 0 bridgehead atoms. The van der Waals surface area contributed by atoms with Crippen molar-refractivity contribution in [3.05, 3.63) is 28.8 Å². The van der Waals surface area contributed by atoms with E-state index in [4.69, 9.17) is 26.8 Å². The summed E-state index contributed by atoms with van der Waals surface area (Å²) in [6, 6.07) is 4.64. The van der Waals surface area contributed by atoms with Crippen LogP contribution < -0.4 is 5.73 Å². The van der Waals surface area contributed by atoms with E-state index < -0.39 is 18.0 Å². The van der Waals surface area contributed by atoms with Crippen LogP contribution in [-0.4, -0.2) is 24.6 Å². The third-order valence-corrected chi connectivity index (χ3v) is 2.77. The Labute approximate surface area is 116 Å². The van der Waals surface area contributed by atoms with Crippen molar-refractivity contribution in [1.82, 2.24) is 0 Å². The number of benzene rings is 1. The average molecular weight is 286 g/mol. The van der Waals surface area contributed by atoms with E-state index in [0.29, 0.717) is 6.42 Å². The van der Waals surface area contributed by atoms with Crippen LogP contribution in [0.2, 0.25) is 5.02 Å². The molecule has 0 fully saturated rings. The van der Waals surface area contributed by atoms with Gasteiger partial charge in [-0.1, -0.05) is 24.6 Å². The fourth-order valence-electron chi connectivity index (χ4n) is 1.44. The molecule has 6 heteroatoms. The number of halogens is 1. The van der Waals surface area contributed by atoms with Crippen LogP contribution in [0.3, 0.4) is 0 Å². The summed E-state index contributed by atoms with van der Waals surface area (Å²) < 4.78 is 9.90. The first-order valence-electron chi connectivity index (χ1n) is 5.92. The first-order valence-corrected chi connectivity index (χ1v) is 6.30. The summed E-state index contributed by atoms with van der Waals surface area (Å²) >= 11 is 5.82. The summed E-state index contributed by atoms with van der Waals surface area (Å²) in [4.78, 5) is 23.5. The highest BCUT2D eigenvalue weighted by molar-refractivity contribution is 6.33. The Bertz CT molecular complexity index is 476. The molecular weight excluding hydrogens is 270 g/mol. The summed E-state index contributed by atoms with van der Waals surface area (Å²) in [6.45, 7) is 3.63. The summed E-state index contributed by atoms with van der Waals surface area (Å²) in [5, 5.41) is 0.263. The molecule has 1 rings (SSSR count). The molecule has 19 heavy (non-hydrogen) atoms. The molecule has 0 amide bonds. The van der Waals surface area contributed by atoms with Crippen LogP contribution in [0.15, 0.2) is 18.2 Å². The van der Waals surface area contributed by atoms with E-state index in [2.05, 4.69) is 0 Å². The SMILES string of the molecule is CCOC(=O)C(CC)OC(=O)c1cccc(Cl)c1N. The number of nitrogens with two attached hydrogens (primary N) is 1. The minimum absolute atomic E-state index is 0.132. The average Bonchev–Trinajstić information content (AvgIpc) is 2.39. The molecule has 0 aliphatic carbocycles. The molecule has 0 radical (unpaired) electrons. The Balaban J connectivity index is 2.83. The zero-order valence-corrected chi connectivity index (χ0v) is 11.6. The molecule has 0 saturated heterocycles. The highest BCUT2D eigenvalue weighted by atomic mass is 35.5. The van der Waals surface area contributed by atoms with Gasteiger partial charge in [0.2, 0.25) is 0 Å². The second-order valence-electron chi connectivity index (χ2n) is 3.76. The smallest absolute Gasteiger partial charge is 0.347 e. The van der Waals surface area contributed by atoms with Gasteiger partial charge in [0.1, 0.15) is 0 Å². The Morgan fingerprint density at radius 3 is 2.63 bits per heavy atom. The van der Waals surface area contributed by atoms with Gasteiger partial charge in [-0.3, -0.25) is 0 Å². The lowest BCUT2D eigenvalue weighted by Crippen LogP contribution is -2.29. The molecule has 1 aromatic rings. The van der Waals surface area contributed by atoms with Gasteiger partial charge in [-0.15, -0.1) is 0 Å². The Kier molecular flexibility index (Phi) is 5.63. The molecule has 0 heterocycles. The summed E-state index contributed by atoms with van der Waals surface area (Å²) in [7, 11) is 0. The van der Waals surface area contributed by atoms with Gasteiger partial charge in [0.05, 0.1) is 22.9 Å². The van der Waals surface area contributed by atoms with E-state index in [1.54, 1.807) is 26.0 Å². The zero-order valence-electron chi connectivity index (χ0n) is 10.8. The van der Waals surface area contributed by atoms with Crippen molar-refractivity contribution >= 4 is 29.2 Å². The molecule has 0 aliphatic rings. The van der Waals surface area contributed by atoms with Crippen LogP contribution in [0.5, 0.6) is 0 Å². The van der Waals surface area contributed by atoms with Crippen molar-refractivity contribution in [3.8, 4) is 0 Å². The molecule has 0 aromatic heterocycles. The molecule has 0 aliphatic heterocycles. The van der Waals surface area contributed by atoms with Crippen LogP contribution in [0.4, 0.5) is 5.69 Å².